The highest BCUT2D eigenvalue weighted by Crippen LogP contribution is 2.13. The number of aromatic nitrogens is 1. The normalized spacial score (nSPS) is 10.4. The molecule has 6 heteroatoms. The lowest BCUT2D eigenvalue weighted by Gasteiger charge is -2.01. The first-order valence-electron chi connectivity index (χ1n) is 4.93. The maximum absolute atomic E-state index is 11.2. The van der Waals surface area contributed by atoms with Crippen LogP contribution in [0.5, 0.6) is 0 Å². The number of carbonyl (C=O) groups excluding carboxylic acids is 2. The van der Waals surface area contributed by atoms with Crippen molar-refractivity contribution in [2.75, 3.05) is 0 Å². The Kier molecular flexibility index (Phi) is 2.78. The minimum absolute atomic E-state index is 0.214. The molecule has 1 aromatic heterocycles. The maximum atomic E-state index is 11.2. The number of aryl methyl sites for hydroxylation is 1. The maximum Gasteiger partial charge on any atom is 0.419 e. The lowest BCUT2D eigenvalue weighted by Crippen LogP contribution is -2.23. The van der Waals surface area contributed by atoms with Crippen molar-refractivity contribution in [3.8, 4) is 0 Å². The van der Waals surface area contributed by atoms with E-state index in [4.69, 9.17) is 4.42 Å². The third-order valence-corrected chi connectivity index (χ3v) is 2.43. The van der Waals surface area contributed by atoms with Gasteiger partial charge < -0.3 is 9.73 Å². The van der Waals surface area contributed by atoms with Gasteiger partial charge in [0.25, 0.3) is 5.91 Å². The van der Waals surface area contributed by atoms with Gasteiger partial charge in [-0.15, -0.1) is 0 Å². The topological polar surface area (TPSA) is 81.3 Å². The summed E-state index contributed by atoms with van der Waals surface area (Å²) in [5.41, 5.74) is 1.92. The summed E-state index contributed by atoms with van der Waals surface area (Å²) in [5.74, 6) is -1.11. The molecule has 0 bridgehead atoms. The lowest BCUT2D eigenvalue weighted by molar-refractivity contribution is -0.131. The van der Waals surface area contributed by atoms with E-state index in [-0.39, 0.29) is 12.8 Å². The van der Waals surface area contributed by atoms with Crippen LogP contribution in [0.4, 0.5) is 0 Å². The van der Waals surface area contributed by atoms with Crippen molar-refractivity contribution in [2.45, 2.75) is 6.54 Å². The third-order valence-electron chi connectivity index (χ3n) is 2.43. The molecule has 0 aliphatic heterocycles. The predicted molar refractivity (Wildman–Crippen MR) is 59.4 cm³/mol. The van der Waals surface area contributed by atoms with Gasteiger partial charge in [0.05, 0.1) is 5.52 Å². The average Bonchev–Trinajstić information content (AvgIpc) is 2.62. The molecule has 0 aliphatic carbocycles. The Morgan fingerprint density at radius 2 is 2.29 bits per heavy atom. The molecule has 0 radical (unpaired) electrons. The molecule has 0 aliphatic rings. The Hall–Kier alpha value is -2.37. The molecule has 6 nitrogen and oxygen atoms in total. The molecular formula is C11H10N2O4. The van der Waals surface area contributed by atoms with Gasteiger partial charge in [0, 0.05) is 13.6 Å². The van der Waals surface area contributed by atoms with Crippen LogP contribution in [0, 0.1) is 0 Å². The molecule has 2 aromatic rings. The van der Waals surface area contributed by atoms with Crippen molar-refractivity contribution in [3.05, 3.63) is 34.3 Å². The van der Waals surface area contributed by atoms with Crippen molar-refractivity contribution >= 4 is 23.3 Å². The summed E-state index contributed by atoms with van der Waals surface area (Å²) in [4.78, 5) is 32.1. The number of benzene rings is 1. The standard InChI is InChI=1S/C11H10N2O4/c1-13-8-4-7(5-12-10(15)6-14)2-3-9(8)17-11(13)16/h2-4,6H,5H2,1H3,(H,12,15). The van der Waals surface area contributed by atoms with Crippen LogP contribution in [0.1, 0.15) is 5.56 Å². The molecule has 88 valence electrons. The SMILES string of the molecule is Cn1c(=O)oc2ccc(CNC(=O)C=O)cc21. The molecule has 2 rings (SSSR count). The fourth-order valence-electron chi connectivity index (χ4n) is 1.51. The summed E-state index contributed by atoms with van der Waals surface area (Å²) >= 11 is 0. The number of aldehydes is 1. The minimum Gasteiger partial charge on any atom is -0.408 e. The summed E-state index contributed by atoms with van der Waals surface area (Å²) in [7, 11) is 1.60. The first-order valence-corrected chi connectivity index (χ1v) is 4.93. The number of carbonyl (C=O) groups is 2. The second-order valence-corrected chi connectivity index (χ2v) is 3.56. The third kappa shape index (κ3) is 2.10. The molecule has 1 heterocycles. The molecule has 17 heavy (non-hydrogen) atoms. The van der Waals surface area contributed by atoms with Gasteiger partial charge in [-0.3, -0.25) is 14.2 Å². The second kappa shape index (κ2) is 4.25. The van der Waals surface area contributed by atoms with Gasteiger partial charge >= 0.3 is 5.76 Å². The Balaban J connectivity index is 2.31. The van der Waals surface area contributed by atoms with E-state index in [0.717, 1.165) is 5.56 Å². The monoisotopic (exact) mass is 234 g/mol. The molecule has 0 saturated heterocycles. The quantitative estimate of drug-likeness (QED) is 0.596. The number of nitrogens with one attached hydrogen (secondary N) is 1. The molecule has 0 saturated carbocycles. The summed E-state index contributed by atoms with van der Waals surface area (Å²) < 4.78 is 6.34. The first kappa shape index (κ1) is 11.1. The summed E-state index contributed by atoms with van der Waals surface area (Å²) in [6.45, 7) is 0.229. The Morgan fingerprint density at radius 1 is 1.53 bits per heavy atom. The zero-order chi connectivity index (χ0) is 12.4. The highest BCUT2D eigenvalue weighted by atomic mass is 16.4. The smallest absolute Gasteiger partial charge is 0.408 e. The number of nitrogens with zero attached hydrogens (tertiary/aromatic N) is 1. The van der Waals surface area contributed by atoms with Crippen LogP contribution in [-0.4, -0.2) is 16.8 Å². The molecule has 1 aromatic carbocycles. The van der Waals surface area contributed by atoms with Crippen LogP contribution in [0.25, 0.3) is 11.1 Å². The predicted octanol–water partition coefficient (Wildman–Crippen LogP) is -0.0534. The number of amides is 1. The number of rotatable bonds is 3. The first-order chi connectivity index (χ1) is 8.11. The van der Waals surface area contributed by atoms with Crippen LogP contribution >= 0.6 is 0 Å². The van der Waals surface area contributed by atoms with Crippen molar-refractivity contribution in [2.24, 2.45) is 7.05 Å². The van der Waals surface area contributed by atoms with Crippen molar-refractivity contribution < 1.29 is 14.0 Å². The zero-order valence-corrected chi connectivity index (χ0v) is 9.10. The van der Waals surface area contributed by atoms with Crippen molar-refractivity contribution in [1.82, 2.24) is 9.88 Å². The molecule has 0 fully saturated rings. The number of oxazole rings is 1. The van der Waals surface area contributed by atoms with E-state index in [1.54, 1.807) is 25.2 Å². The summed E-state index contributed by atoms with van der Waals surface area (Å²) in [6, 6.07) is 5.10. The molecular weight excluding hydrogens is 224 g/mol. The van der Waals surface area contributed by atoms with Gasteiger partial charge in [0.1, 0.15) is 0 Å². The number of hydrogen-bond donors (Lipinski definition) is 1. The number of fused-ring (bicyclic) bond motifs is 1. The largest absolute Gasteiger partial charge is 0.419 e. The Bertz CT molecular complexity index is 638. The Labute approximate surface area is 95.8 Å². The molecule has 1 amide bonds. The fraction of sp³-hybridized carbons (Fsp3) is 0.182. The van der Waals surface area contributed by atoms with Gasteiger partial charge in [-0.05, 0) is 17.7 Å². The summed E-state index contributed by atoms with van der Waals surface area (Å²) in [5, 5.41) is 2.41. The van der Waals surface area contributed by atoms with Crippen LogP contribution in [0.2, 0.25) is 0 Å². The molecule has 0 unspecified atom stereocenters. The van der Waals surface area contributed by atoms with Crippen molar-refractivity contribution in [3.63, 3.8) is 0 Å². The van der Waals surface area contributed by atoms with Gasteiger partial charge in [0.2, 0.25) is 6.29 Å². The van der Waals surface area contributed by atoms with Gasteiger partial charge in [-0.2, -0.15) is 0 Å². The van der Waals surface area contributed by atoms with E-state index >= 15 is 0 Å². The summed E-state index contributed by atoms with van der Waals surface area (Å²) in [6.07, 6.45) is 0.214. The zero-order valence-electron chi connectivity index (χ0n) is 9.10. The van der Waals surface area contributed by atoms with E-state index < -0.39 is 11.7 Å². The highest BCUT2D eigenvalue weighted by Gasteiger charge is 2.06. The van der Waals surface area contributed by atoms with E-state index in [1.807, 2.05) is 0 Å². The van der Waals surface area contributed by atoms with Gasteiger partial charge in [-0.25, -0.2) is 4.79 Å². The number of hydrogen-bond acceptors (Lipinski definition) is 4. The van der Waals surface area contributed by atoms with Gasteiger partial charge in [0.15, 0.2) is 5.58 Å². The van der Waals surface area contributed by atoms with Crippen LogP contribution in [0.3, 0.4) is 0 Å². The van der Waals surface area contributed by atoms with Crippen molar-refractivity contribution in [1.29, 1.82) is 0 Å². The fourth-order valence-corrected chi connectivity index (χ4v) is 1.51. The average molecular weight is 234 g/mol. The molecule has 1 N–H and O–H groups in total. The Morgan fingerprint density at radius 3 is 3.00 bits per heavy atom. The van der Waals surface area contributed by atoms with E-state index in [0.29, 0.717) is 11.1 Å². The molecule has 0 atom stereocenters. The lowest BCUT2D eigenvalue weighted by atomic mass is 10.2. The van der Waals surface area contributed by atoms with Crippen LogP contribution in [-0.2, 0) is 23.2 Å². The van der Waals surface area contributed by atoms with Crippen LogP contribution < -0.4 is 11.1 Å². The van der Waals surface area contributed by atoms with E-state index in [2.05, 4.69) is 5.32 Å². The second-order valence-electron chi connectivity index (χ2n) is 3.56. The highest BCUT2D eigenvalue weighted by molar-refractivity contribution is 6.23. The van der Waals surface area contributed by atoms with E-state index in [9.17, 15) is 14.4 Å². The molecule has 0 spiro atoms. The van der Waals surface area contributed by atoms with Gasteiger partial charge in [-0.1, -0.05) is 6.07 Å². The van der Waals surface area contributed by atoms with Crippen LogP contribution in [0.15, 0.2) is 27.4 Å². The van der Waals surface area contributed by atoms with E-state index in [1.165, 1.54) is 4.57 Å². The minimum atomic E-state index is -0.675.